The molecule has 138 valence electrons. The van der Waals surface area contributed by atoms with Crippen molar-refractivity contribution in [2.24, 2.45) is 0 Å². The van der Waals surface area contributed by atoms with E-state index in [1.165, 1.54) is 16.4 Å². The molecule has 0 atom stereocenters. The van der Waals surface area contributed by atoms with Crippen molar-refractivity contribution in [1.82, 2.24) is 9.21 Å². The Labute approximate surface area is 162 Å². The van der Waals surface area contributed by atoms with Crippen molar-refractivity contribution in [1.29, 1.82) is 0 Å². The van der Waals surface area contributed by atoms with Crippen LogP contribution in [-0.4, -0.2) is 49.7 Å². The molecule has 0 aliphatic carbocycles. The van der Waals surface area contributed by atoms with Gasteiger partial charge in [-0.2, -0.15) is 4.31 Å². The fourth-order valence-corrected chi connectivity index (χ4v) is 5.72. The zero-order valence-electron chi connectivity index (χ0n) is 14.3. The molecule has 2 heterocycles. The van der Waals surface area contributed by atoms with Gasteiger partial charge in [-0.3, -0.25) is 4.79 Å². The third-order valence-corrected chi connectivity index (χ3v) is 7.79. The number of rotatable bonds is 4. The summed E-state index contributed by atoms with van der Waals surface area (Å²) in [5.74, 6) is -0.109. The Hall–Kier alpha value is -1.67. The molecule has 0 unspecified atom stereocenters. The number of benzene rings is 1. The molecule has 0 saturated carbocycles. The van der Waals surface area contributed by atoms with Gasteiger partial charge in [0, 0.05) is 32.3 Å². The molecule has 1 aromatic carbocycles. The number of hydrogen-bond donors (Lipinski definition) is 0. The van der Waals surface area contributed by atoms with E-state index in [1.807, 2.05) is 31.2 Å². The molecule has 5 nitrogen and oxygen atoms in total. The first kappa shape index (κ1) is 19.1. The van der Waals surface area contributed by atoms with Crippen molar-refractivity contribution in [3.05, 3.63) is 57.9 Å². The lowest BCUT2D eigenvalue weighted by atomic mass is 10.1. The number of piperazine rings is 1. The van der Waals surface area contributed by atoms with Crippen LogP contribution in [0.25, 0.3) is 6.08 Å². The van der Waals surface area contributed by atoms with Crippen LogP contribution in [0.15, 0.2) is 46.7 Å². The summed E-state index contributed by atoms with van der Waals surface area (Å²) < 4.78 is 27.2. The van der Waals surface area contributed by atoms with Gasteiger partial charge in [-0.1, -0.05) is 41.4 Å². The standard InChI is InChI=1S/C18H19ClN2O3S2/c1-14-2-4-15(5-3-14)6-8-17(22)20-10-12-21(13-11-20)26(23,24)18-9-7-16(19)25-18/h2-9H,10-13H2,1H3/b8-6+. The van der Waals surface area contributed by atoms with Crippen molar-refractivity contribution in [3.8, 4) is 0 Å². The highest BCUT2D eigenvalue weighted by Crippen LogP contribution is 2.28. The lowest BCUT2D eigenvalue weighted by Crippen LogP contribution is -2.50. The lowest BCUT2D eigenvalue weighted by molar-refractivity contribution is -0.127. The zero-order valence-corrected chi connectivity index (χ0v) is 16.6. The normalized spacial score (nSPS) is 16.3. The molecule has 0 radical (unpaired) electrons. The summed E-state index contributed by atoms with van der Waals surface area (Å²) in [6.45, 7) is 3.31. The van der Waals surface area contributed by atoms with Gasteiger partial charge in [0.2, 0.25) is 5.91 Å². The van der Waals surface area contributed by atoms with Crippen LogP contribution in [0.2, 0.25) is 4.34 Å². The van der Waals surface area contributed by atoms with Gasteiger partial charge >= 0.3 is 0 Å². The van der Waals surface area contributed by atoms with Crippen LogP contribution in [-0.2, 0) is 14.8 Å². The fraction of sp³-hybridized carbons (Fsp3) is 0.278. The second-order valence-corrected chi connectivity index (χ2v) is 9.91. The van der Waals surface area contributed by atoms with Gasteiger partial charge < -0.3 is 4.90 Å². The SMILES string of the molecule is Cc1ccc(/C=C/C(=O)N2CCN(S(=O)(=O)c3ccc(Cl)s3)CC2)cc1. The smallest absolute Gasteiger partial charge is 0.252 e. The van der Waals surface area contributed by atoms with Gasteiger partial charge in [-0.25, -0.2) is 8.42 Å². The Morgan fingerprint density at radius 2 is 1.73 bits per heavy atom. The third kappa shape index (κ3) is 4.35. The molecule has 1 fully saturated rings. The van der Waals surface area contributed by atoms with Crippen LogP contribution in [0.4, 0.5) is 0 Å². The van der Waals surface area contributed by atoms with Gasteiger partial charge in [0.1, 0.15) is 4.21 Å². The number of thiophene rings is 1. The van der Waals surface area contributed by atoms with Crippen LogP contribution < -0.4 is 0 Å². The van der Waals surface area contributed by atoms with Crippen LogP contribution in [0.3, 0.4) is 0 Å². The monoisotopic (exact) mass is 410 g/mol. The Morgan fingerprint density at radius 3 is 2.31 bits per heavy atom. The summed E-state index contributed by atoms with van der Waals surface area (Å²) in [6, 6.07) is 11.0. The van der Waals surface area contributed by atoms with E-state index in [4.69, 9.17) is 11.6 Å². The van der Waals surface area contributed by atoms with E-state index in [0.29, 0.717) is 17.4 Å². The molecule has 1 amide bonds. The summed E-state index contributed by atoms with van der Waals surface area (Å²) in [7, 11) is -3.54. The molecule has 0 bridgehead atoms. The Morgan fingerprint density at radius 1 is 1.08 bits per heavy atom. The van der Waals surface area contributed by atoms with Gasteiger partial charge in [0.25, 0.3) is 10.0 Å². The maximum Gasteiger partial charge on any atom is 0.252 e. The molecular weight excluding hydrogens is 392 g/mol. The largest absolute Gasteiger partial charge is 0.337 e. The van der Waals surface area contributed by atoms with Gasteiger partial charge in [-0.15, -0.1) is 11.3 Å². The lowest BCUT2D eigenvalue weighted by Gasteiger charge is -2.33. The van der Waals surface area contributed by atoms with Crippen molar-refractivity contribution >= 4 is 44.9 Å². The quantitative estimate of drug-likeness (QED) is 0.727. The van der Waals surface area contributed by atoms with E-state index < -0.39 is 10.0 Å². The first-order chi connectivity index (χ1) is 12.4. The first-order valence-corrected chi connectivity index (χ1v) is 10.8. The van der Waals surface area contributed by atoms with Crippen LogP contribution in [0.1, 0.15) is 11.1 Å². The number of hydrogen-bond acceptors (Lipinski definition) is 4. The van der Waals surface area contributed by atoms with E-state index in [1.54, 1.807) is 17.0 Å². The minimum atomic E-state index is -3.54. The van der Waals surface area contributed by atoms with E-state index in [9.17, 15) is 13.2 Å². The summed E-state index contributed by atoms with van der Waals surface area (Å²) in [6.07, 6.45) is 3.31. The highest BCUT2D eigenvalue weighted by Gasteiger charge is 2.30. The van der Waals surface area contributed by atoms with E-state index in [-0.39, 0.29) is 23.2 Å². The maximum atomic E-state index is 12.6. The number of sulfonamides is 1. The molecule has 1 aliphatic rings. The van der Waals surface area contributed by atoms with Gasteiger partial charge in [-0.05, 0) is 30.7 Å². The summed E-state index contributed by atoms with van der Waals surface area (Å²) >= 11 is 6.89. The number of amides is 1. The third-order valence-electron chi connectivity index (χ3n) is 4.19. The van der Waals surface area contributed by atoms with Crippen LogP contribution in [0.5, 0.6) is 0 Å². The van der Waals surface area contributed by atoms with E-state index in [2.05, 4.69) is 0 Å². The van der Waals surface area contributed by atoms with Crippen LogP contribution in [0, 0.1) is 6.92 Å². The predicted octanol–water partition coefficient (Wildman–Crippen LogP) is 3.26. The summed E-state index contributed by atoms with van der Waals surface area (Å²) in [4.78, 5) is 14.0. The predicted molar refractivity (Wildman–Crippen MR) is 105 cm³/mol. The van der Waals surface area contributed by atoms with Crippen molar-refractivity contribution in [2.75, 3.05) is 26.2 Å². The summed E-state index contributed by atoms with van der Waals surface area (Å²) in [5, 5.41) is 0. The topological polar surface area (TPSA) is 57.7 Å². The van der Waals surface area contributed by atoms with Crippen molar-refractivity contribution in [2.45, 2.75) is 11.1 Å². The summed E-state index contributed by atoms with van der Waals surface area (Å²) in [5.41, 5.74) is 2.12. The molecular formula is C18H19ClN2O3S2. The van der Waals surface area contributed by atoms with Crippen LogP contribution >= 0.6 is 22.9 Å². The highest BCUT2D eigenvalue weighted by molar-refractivity contribution is 7.91. The van der Waals surface area contributed by atoms with Crippen molar-refractivity contribution in [3.63, 3.8) is 0 Å². The number of nitrogens with zero attached hydrogens (tertiary/aromatic N) is 2. The average Bonchev–Trinajstić information content (AvgIpc) is 3.08. The van der Waals surface area contributed by atoms with E-state index in [0.717, 1.165) is 22.5 Å². The molecule has 8 heteroatoms. The molecule has 0 N–H and O–H groups in total. The molecule has 1 saturated heterocycles. The number of halogens is 1. The molecule has 1 aliphatic heterocycles. The zero-order chi connectivity index (χ0) is 18.7. The fourth-order valence-electron chi connectivity index (χ4n) is 2.66. The molecule has 3 rings (SSSR count). The van der Waals surface area contributed by atoms with E-state index >= 15 is 0 Å². The minimum Gasteiger partial charge on any atom is -0.337 e. The number of carbonyl (C=O) groups excluding carboxylic acids is 1. The Kier molecular flexibility index (Phi) is 5.82. The molecule has 0 spiro atoms. The number of aryl methyl sites for hydroxylation is 1. The molecule has 26 heavy (non-hydrogen) atoms. The molecule has 1 aromatic heterocycles. The Balaban J connectivity index is 1.59. The number of carbonyl (C=O) groups is 1. The second kappa shape index (κ2) is 7.92. The Bertz CT molecular complexity index is 912. The molecule has 2 aromatic rings. The maximum absolute atomic E-state index is 12.6. The van der Waals surface area contributed by atoms with Gasteiger partial charge in [0.15, 0.2) is 0 Å². The van der Waals surface area contributed by atoms with Crippen molar-refractivity contribution < 1.29 is 13.2 Å². The average molecular weight is 411 g/mol. The minimum absolute atomic E-state index is 0.109. The second-order valence-electron chi connectivity index (χ2n) is 6.03. The van der Waals surface area contributed by atoms with Gasteiger partial charge in [0.05, 0.1) is 4.34 Å². The first-order valence-electron chi connectivity index (χ1n) is 8.15. The highest BCUT2D eigenvalue weighted by atomic mass is 35.5.